The highest BCUT2D eigenvalue weighted by atomic mass is 35.5. The van der Waals surface area contributed by atoms with Gasteiger partial charge in [-0.05, 0) is 32.0 Å². The Morgan fingerprint density at radius 2 is 1.89 bits per heavy atom. The van der Waals surface area contributed by atoms with Crippen molar-refractivity contribution >= 4 is 27.9 Å². The zero-order chi connectivity index (χ0) is 28.3. The molecule has 1 aromatic carbocycles. The molecule has 1 aromatic heterocycles. The van der Waals surface area contributed by atoms with Crippen LogP contribution in [0.2, 0.25) is 5.02 Å². The first-order valence-corrected chi connectivity index (χ1v) is 12.9. The number of benzene rings is 1. The van der Waals surface area contributed by atoms with E-state index in [1.165, 1.54) is 25.3 Å². The predicted octanol–water partition coefficient (Wildman–Crippen LogP) is 4.06. The number of amides is 1. The minimum absolute atomic E-state index is 0.0197. The maximum atomic E-state index is 12.9. The largest absolute Gasteiger partial charge is 0.491 e. The topological polar surface area (TPSA) is 134 Å². The number of nitrogens with one attached hydrogen (secondary N) is 2. The third kappa shape index (κ3) is 10.9. The summed E-state index contributed by atoms with van der Waals surface area (Å²) in [6.45, 7) is 3.55. The van der Waals surface area contributed by atoms with Crippen molar-refractivity contribution in [2.24, 2.45) is 0 Å². The molecule has 0 radical (unpaired) electrons. The lowest BCUT2D eigenvalue weighted by Gasteiger charge is -2.15. The van der Waals surface area contributed by atoms with Gasteiger partial charge in [-0.15, -0.1) is 0 Å². The summed E-state index contributed by atoms with van der Waals surface area (Å²) in [5.41, 5.74) is -0.870. The van der Waals surface area contributed by atoms with Crippen molar-refractivity contribution in [3.8, 4) is 17.4 Å². The van der Waals surface area contributed by atoms with E-state index in [0.29, 0.717) is 18.0 Å². The van der Waals surface area contributed by atoms with Crippen LogP contribution in [0.5, 0.6) is 17.4 Å². The Morgan fingerprint density at radius 3 is 2.53 bits per heavy atom. The van der Waals surface area contributed by atoms with E-state index in [4.69, 9.17) is 35.3 Å². The van der Waals surface area contributed by atoms with Gasteiger partial charge in [-0.3, -0.25) is 0 Å². The minimum Gasteiger partial charge on any atom is -0.491 e. The third-order valence-electron chi connectivity index (χ3n) is 4.36. The molecule has 2 rings (SSSR count). The van der Waals surface area contributed by atoms with E-state index in [9.17, 15) is 26.4 Å². The summed E-state index contributed by atoms with van der Waals surface area (Å²) in [7, 11) is -2.74. The Labute approximate surface area is 222 Å². The van der Waals surface area contributed by atoms with Crippen molar-refractivity contribution in [2.45, 2.75) is 32.7 Å². The highest BCUT2D eigenvalue weighted by molar-refractivity contribution is 7.88. The van der Waals surface area contributed by atoms with Crippen LogP contribution in [0.15, 0.2) is 30.5 Å². The normalized spacial score (nSPS) is 11.9. The lowest BCUT2D eigenvalue weighted by molar-refractivity contribution is -0.137. The molecule has 0 aliphatic carbocycles. The van der Waals surface area contributed by atoms with Crippen LogP contribution in [-0.4, -0.2) is 59.1 Å². The van der Waals surface area contributed by atoms with Crippen molar-refractivity contribution in [3.63, 3.8) is 0 Å². The van der Waals surface area contributed by atoms with Crippen molar-refractivity contribution < 1.29 is 50.1 Å². The van der Waals surface area contributed by atoms with Crippen LogP contribution < -0.4 is 18.9 Å². The average Bonchev–Trinajstić information content (AvgIpc) is 2.81. The second-order valence-electron chi connectivity index (χ2n) is 7.72. The number of pyridine rings is 1. The lowest BCUT2D eigenvalue weighted by atomic mass is 10.2. The zero-order valence-corrected chi connectivity index (χ0v) is 22.2. The lowest BCUT2D eigenvalue weighted by Crippen LogP contribution is -2.41. The fraction of sp³-hybridized carbons (Fsp3) is 0.455. The van der Waals surface area contributed by atoms with Gasteiger partial charge in [-0.25, -0.2) is 14.5 Å². The number of aromatic nitrogens is 1. The standard InChI is InChI=1S/C22H27ClF3N3O8S/c1-14(2)34-7-6-28-38(31,32)29-21(30)36-13-15-4-5-17(35-9-8-33-3)11-19(15)37-20-18(23)10-16(12-27-20)22(24,25)26/h4-5,10-12,14,28H,6-9,13H2,1-3H3,(H,29,30). The van der Waals surface area contributed by atoms with Gasteiger partial charge in [-0.2, -0.15) is 26.3 Å². The van der Waals surface area contributed by atoms with Crippen molar-refractivity contribution in [3.05, 3.63) is 46.6 Å². The van der Waals surface area contributed by atoms with E-state index < -0.39 is 39.7 Å². The maximum absolute atomic E-state index is 12.9. The molecule has 2 N–H and O–H groups in total. The molecule has 16 heteroatoms. The summed E-state index contributed by atoms with van der Waals surface area (Å²) in [6, 6.07) is 4.97. The van der Waals surface area contributed by atoms with Crippen LogP contribution in [0.1, 0.15) is 25.0 Å². The van der Waals surface area contributed by atoms with Gasteiger partial charge >= 0.3 is 22.5 Å². The molecular formula is C22H27ClF3N3O8S. The molecule has 0 bridgehead atoms. The summed E-state index contributed by atoms with van der Waals surface area (Å²) in [5, 5.41) is -0.422. The van der Waals surface area contributed by atoms with Gasteiger partial charge in [0.2, 0.25) is 5.88 Å². The summed E-state index contributed by atoms with van der Waals surface area (Å²) in [4.78, 5) is 15.7. The number of hydrogen-bond donors (Lipinski definition) is 2. The molecular weight excluding hydrogens is 559 g/mol. The van der Waals surface area contributed by atoms with Crippen LogP contribution in [0.25, 0.3) is 0 Å². The van der Waals surface area contributed by atoms with Gasteiger partial charge in [0.05, 0.1) is 24.9 Å². The number of rotatable bonds is 14. The maximum Gasteiger partial charge on any atom is 0.422 e. The molecule has 0 saturated heterocycles. The number of methoxy groups -OCH3 is 1. The molecule has 1 heterocycles. The van der Waals surface area contributed by atoms with Gasteiger partial charge < -0.3 is 23.7 Å². The first-order valence-electron chi connectivity index (χ1n) is 11.0. The van der Waals surface area contributed by atoms with Gasteiger partial charge in [0.25, 0.3) is 0 Å². The van der Waals surface area contributed by atoms with Gasteiger partial charge in [0, 0.05) is 31.5 Å². The quantitative estimate of drug-likeness (QED) is 0.315. The molecule has 0 fully saturated rings. The molecule has 1 amide bonds. The van der Waals surface area contributed by atoms with E-state index in [1.54, 1.807) is 18.6 Å². The van der Waals surface area contributed by atoms with Crippen LogP contribution in [-0.2, 0) is 37.2 Å². The number of nitrogens with zero attached hydrogens (tertiary/aromatic N) is 1. The second-order valence-corrected chi connectivity index (χ2v) is 9.62. The molecule has 11 nitrogen and oxygen atoms in total. The first kappa shape index (κ1) is 31.4. The Hall–Kier alpha value is -2.85. The van der Waals surface area contributed by atoms with Gasteiger partial charge in [0.1, 0.15) is 29.7 Å². The number of hydrogen-bond acceptors (Lipinski definition) is 9. The molecule has 0 spiro atoms. The summed E-state index contributed by atoms with van der Waals surface area (Å²) in [6.07, 6.45) is -5.50. The molecule has 0 saturated carbocycles. The molecule has 0 aliphatic rings. The Bertz CT molecular complexity index is 1180. The number of ether oxygens (including phenoxy) is 5. The number of carbonyl (C=O) groups is 1. The number of halogens is 4. The highest BCUT2D eigenvalue weighted by Gasteiger charge is 2.32. The Balaban J connectivity index is 2.13. The minimum atomic E-state index is -4.66. The molecule has 0 atom stereocenters. The smallest absolute Gasteiger partial charge is 0.422 e. The van der Waals surface area contributed by atoms with Gasteiger partial charge in [-0.1, -0.05) is 11.6 Å². The summed E-state index contributed by atoms with van der Waals surface area (Å²) >= 11 is 5.94. The zero-order valence-electron chi connectivity index (χ0n) is 20.6. The highest BCUT2D eigenvalue weighted by Crippen LogP contribution is 2.36. The van der Waals surface area contributed by atoms with Crippen LogP contribution in [0, 0.1) is 0 Å². The van der Waals surface area contributed by atoms with E-state index in [0.717, 1.165) is 0 Å². The molecule has 212 valence electrons. The van der Waals surface area contributed by atoms with E-state index in [-0.39, 0.29) is 49.7 Å². The summed E-state index contributed by atoms with van der Waals surface area (Å²) < 4.78 is 92.7. The predicted molar refractivity (Wildman–Crippen MR) is 129 cm³/mol. The van der Waals surface area contributed by atoms with Crippen molar-refractivity contribution in [1.82, 2.24) is 14.4 Å². The van der Waals surface area contributed by atoms with Crippen LogP contribution in [0.4, 0.5) is 18.0 Å². The van der Waals surface area contributed by atoms with Crippen molar-refractivity contribution in [1.29, 1.82) is 0 Å². The first-order chi connectivity index (χ1) is 17.8. The molecule has 2 aromatic rings. The summed E-state index contributed by atoms with van der Waals surface area (Å²) in [5.74, 6) is -0.0767. The average molecular weight is 586 g/mol. The Kier molecular flexibility index (Phi) is 11.8. The number of alkyl halides is 3. The van der Waals surface area contributed by atoms with Crippen LogP contribution >= 0.6 is 11.6 Å². The molecule has 38 heavy (non-hydrogen) atoms. The number of carbonyl (C=O) groups excluding carboxylic acids is 1. The van der Waals surface area contributed by atoms with E-state index >= 15 is 0 Å². The molecule has 0 aliphatic heterocycles. The second kappa shape index (κ2) is 14.3. The fourth-order valence-electron chi connectivity index (χ4n) is 2.63. The molecule has 0 unspecified atom stereocenters. The SMILES string of the molecule is COCCOc1ccc(COC(=O)NS(=O)(=O)NCCOC(C)C)c(Oc2ncc(C(F)(F)F)cc2Cl)c1. The monoisotopic (exact) mass is 585 g/mol. The van der Waals surface area contributed by atoms with Gasteiger partial charge in [0.15, 0.2) is 0 Å². The van der Waals surface area contributed by atoms with E-state index in [1.807, 2.05) is 0 Å². The third-order valence-corrected chi connectivity index (χ3v) is 5.65. The van der Waals surface area contributed by atoms with E-state index in [2.05, 4.69) is 9.71 Å². The Morgan fingerprint density at radius 1 is 1.16 bits per heavy atom. The van der Waals surface area contributed by atoms with Crippen LogP contribution in [0.3, 0.4) is 0 Å². The van der Waals surface area contributed by atoms with Crippen molar-refractivity contribution in [2.75, 3.05) is 33.5 Å². The fourth-order valence-corrected chi connectivity index (χ4v) is 3.54.